The summed E-state index contributed by atoms with van der Waals surface area (Å²) in [5.41, 5.74) is 8.11. The molecule has 17 heteroatoms. The van der Waals surface area contributed by atoms with Crippen molar-refractivity contribution in [1.29, 1.82) is 0 Å². The number of carboxylic acid groups (broad SMARTS) is 1. The molecule has 3 aliphatic rings. The highest BCUT2D eigenvalue weighted by Crippen LogP contribution is 2.41. The van der Waals surface area contributed by atoms with Crippen LogP contribution in [0.2, 0.25) is 0 Å². The predicted octanol–water partition coefficient (Wildman–Crippen LogP) is 2.19. The van der Waals surface area contributed by atoms with E-state index in [-0.39, 0.29) is 40.7 Å². The van der Waals surface area contributed by atoms with Gasteiger partial charge in [0.15, 0.2) is 15.2 Å². The maximum atomic E-state index is 13.2. The fraction of sp³-hybridized carbons (Fsp3) is 0.450. The molecule has 2 aromatic heterocycles. The molecular formula is C20H22ClN7O5S4. The van der Waals surface area contributed by atoms with E-state index < -0.39 is 29.2 Å². The van der Waals surface area contributed by atoms with Crippen LogP contribution in [0.1, 0.15) is 31.4 Å². The number of rotatable bonds is 9. The lowest BCUT2D eigenvalue weighted by molar-refractivity contribution is -0.150. The zero-order valence-electron chi connectivity index (χ0n) is 19.1. The highest BCUT2D eigenvalue weighted by Gasteiger charge is 2.54. The number of nitrogens with zero attached hydrogens (tertiary/aromatic N) is 5. The van der Waals surface area contributed by atoms with E-state index in [9.17, 15) is 19.5 Å². The summed E-state index contributed by atoms with van der Waals surface area (Å²) in [4.78, 5) is 49.2. The first-order chi connectivity index (χ1) is 17.4. The van der Waals surface area contributed by atoms with Gasteiger partial charge in [0, 0.05) is 16.9 Å². The number of carbonyl (C=O) groups excluding carboxylic acids is 2. The van der Waals surface area contributed by atoms with Crippen LogP contribution in [0.5, 0.6) is 0 Å². The number of nitrogens with two attached hydrogens (primary N) is 1. The molecule has 0 aromatic carbocycles. The van der Waals surface area contributed by atoms with Crippen molar-refractivity contribution in [1.82, 2.24) is 25.4 Å². The number of amides is 2. The van der Waals surface area contributed by atoms with Crippen LogP contribution in [0.3, 0.4) is 0 Å². The quantitative estimate of drug-likeness (QED) is 0.166. The summed E-state index contributed by atoms with van der Waals surface area (Å²) in [6, 6.07) is -0.901. The lowest BCUT2D eigenvalue weighted by atomic mass is 10.0. The predicted molar refractivity (Wildman–Crippen MR) is 144 cm³/mol. The number of nitrogens with one attached hydrogen (secondary N) is 1. The zero-order valence-corrected chi connectivity index (χ0v) is 23.1. The van der Waals surface area contributed by atoms with Gasteiger partial charge in [0.25, 0.3) is 11.8 Å². The third-order valence-corrected chi connectivity index (χ3v) is 9.78. The number of hydrogen-bond donors (Lipinski definition) is 3. The van der Waals surface area contributed by atoms with E-state index in [1.165, 1.54) is 39.8 Å². The van der Waals surface area contributed by atoms with Gasteiger partial charge in [-0.2, -0.15) is 0 Å². The van der Waals surface area contributed by atoms with Crippen molar-refractivity contribution in [2.24, 2.45) is 5.16 Å². The Bertz CT molecular complexity index is 1230. The SMILES string of the molecule is Cl.Nc1nc(/C(=N\OC2CCCC2)C(=O)NC2C(=O)N3C(C(=O)O)=C(CSc4nncs4)CSC23)cs1. The molecule has 2 aromatic rings. The van der Waals surface area contributed by atoms with Gasteiger partial charge in [0.2, 0.25) is 0 Å². The van der Waals surface area contributed by atoms with Crippen molar-refractivity contribution in [3.8, 4) is 0 Å². The van der Waals surface area contributed by atoms with Crippen molar-refractivity contribution in [3.05, 3.63) is 27.9 Å². The molecule has 2 atom stereocenters. The second-order valence-electron chi connectivity index (χ2n) is 8.13. The van der Waals surface area contributed by atoms with Crippen LogP contribution in [0.4, 0.5) is 5.13 Å². The third-order valence-electron chi connectivity index (χ3n) is 5.82. The third kappa shape index (κ3) is 5.87. The molecule has 198 valence electrons. The van der Waals surface area contributed by atoms with Gasteiger partial charge in [0.05, 0.1) is 0 Å². The van der Waals surface area contributed by atoms with Gasteiger partial charge in [-0.25, -0.2) is 9.78 Å². The van der Waals surface area contributed by atoms with Crippen LogP contribution in [0, 0.1) is 0 Å². The van der Waals surface area contributed by atoms with Gasteiger partial charge >= 0.3 is 5.97 Å². The number of halogens is 1. The van der Waals surface area contributed by atoms with Gasteiger partial charge in [-0.05, 0) is 31.3 Å². The standard InChI is InChI=1S/C20H21N7O5S4.ClH/c21-19-23-11(7-34-19)12(26-32-10-3-1-2-4-10)15(28)24-13-16(29)27-14(18(30)31)9(5-33-17(13)27)6-35-20-25-22-8-36-20;/h7-8,10,13,17H,1-6H2,(H2,21,23)(H,24,28)(H,30,31);1H/b26-12+;. The summed E-state index contributed by atoms with van der Waals surface area (Å²) in [5, 5.41) is 25.7. The number of thioether (sulfide) groups is 2. The molecule has 5 rings (SSSR count). The van der Waals surface area contributed by atoms with Crippen molar-refractivity contribution >= 4 is 87.2 Å². The summed E-state index contributed by atoms with van der Waals surface area (Å²) < 4.78 is 0.716. The number of nitrogen functional groups attached to an aromatic ring is 1. The molecule has 37 heavy (non-hydrogen) atoms. The number of aliphatic carboxylic acids is 1. The van der Waals surface area contributed by atoms with Crippen molar-refractivity contribution in [2.45, 2.75) is 47.5 Å². The molecule has 2 aliphatic heterocycles. The summed E-state index contributed by atoms with van der Waals surface area (Å²) in [7, 11) is 0. The number of aromatic nitrogens is 3. The Morgan fingerprint density at radius 2 is 2.11 bits per heavy atom. The van der Waals surface area contributed by atoms with Gasteiger partial charge in [-0.15, -0.1) is 45.7 Å². The molecule has 4 heterocycles. The summed E-state index contributed by atoms with van der Waals surface area (Å²) >= 11 is 5.29. The second kappa shape index (κ2) is 12.0. The van der Waals surface area contributed by atoms with E-state index in [1.54, 1.807) is 10.9 Å². The van der Waals surface area contributed by atoms with E-state index in [0.717, 1.165) is 37.0 Å². The largest absolute Gasteiger partial charge is 0.477 e. The Hall–Kier alpha value is -2.40. The number of carboxylic acids is 1. The van der Waals surface area contributed by atoms with Crippen LogP contribution in [0.25, 0.3) is 0 Å². The highest BCUT2D eigenvalue weighted by molar-refractivity contribution is 8.01. The van der Waals surface area contributed by atoms with Crippen molar-refractivity contribution < 1.29 is 24.3 Å². The van der Waals surface area contributed by atoms with Crippen LogP contribution >= 0.6 is 58.6 Å². The maximum absolute atomic E-state index is 13.2. The van der Waals surface area contributed by atoms with E-state index in [2.05, 4.69) is 25.7 Å². The number of fused-ring (bicyclic) bond motifs is 1. The Labute approximate surface area is 233 Å². The molecule has 1 saturated heterocycles. The normalized spacial score (nSPS) is 21.8. The monoisotopic (exact) mass is 603 g/mol. The summed E-state index contributed by atoms with van der Waals surface area (Å²) in [6.45, 7) is 0. The molecule has 2 unspecified atom stereocenters. The lowest BCUT2D eigenvalue weighted by Gasteiger charge is -2.49. The second-order valence-corrected chi connectivity index (χ2v) is 12.2. The molecule has 12 nitrogen and oxygen atoms in total. The average molecular weight is 604 g/mol. The fourth-order valence-electron chi connectivity index (χ4n) is 4.10. The number of thiazole rings is 1. The Kier molecular flexibility index (Phi) is 8.94. The average Bonchev–Trinajstić information content (AvgIpc) is 3.64. The number of hydrogen-bond acceptors (Lipinski definition) is 13. The molecule has 2 amide bonds. The number of β-lactam (4-membered cyclic amide) rings is 1. The van der Waals surface area contributed by atoms with Gasteiger partial charge in [-0.3, -0.25) is 14.5 Å². The molecule has 0 radical (unpaired) electrons. The number of carbonyl (C=O) groups is 3. The van der Waals surface area contributed by atoms with Gasteiger partial charge in [-0.1, -0.05) is 28.3 Å². The van der Waals surface area contributed by atoms with Crippen LogP contribution in [-0.4, -0.2) is 77.7 Å². The van der Waals surface area contributed by atoms with E-state index in [4.69, 9.17) is 10.6 Å². The van der Waals surface area contributed by atoms with Gasteiger partial charge in [0.1, 0.15) is 34.4 Å². The number of oxime groups is 1. The van der Waals surface area contributed by atoms with Crippen LogP contribution in [0.15, 0.2) is 31.7 Å². The molecule has 1 aliphatic carbocycles. The first kappa shape index (κ1) is 27.6. The lowest BCUT2D eigenvalue weighted by Crippen LogP contribution is -2.71. The van der Waals surface area contributed by atoms with E-state index >= 15 is 0 Å². The van der Waals surface area contributed by atoms with Crippen molar-refractivity contribution in [2.75, 3.05) is 17.2 Å². The molecular weight excluding hydrogens is 582 g/mol. The zero-order chi connectivity index (χ0) is 25.2. The Morgan fingerprint density at radius 3 is 2.76 bits per heavy atom. The highest BCUT2D eigenvalue weighted by atomic mass is 35.5. The molecule has 1 saturated carbocycles. The smallest absolute Gasteiger partial charge is 0.352 e. The minimum absolute atomic E-state index is 0. The minimum atomic E-state index is -1.18. The topological polar surface area (TPSA) is 173 Å². The molecule has 0 spiro atoms. The molecule has 0 bridgehead atoms. The van der Waals surface area contributed by atoms with E-state index in [0.29, 0.717) is 21.4 Å². The van der Waals surface area contributed by atoms with Crippen molar-refractivity contribution in [3.63, 3.8) is 0 Å². The van der Waals surface area contributed by atoms with Crippen LogP contribution < -0.4 is 11.1 Å². The first-order valence-electron chi connectivity index (χ1n) is 11.0. The fourth-order valence-corrected chi connectivity index (χ4v) is 7.62. The minimum Gasteiger partial charge on any atom is -0.477 e. The first-order valence-corrected chi connectivity index (χ1v) is 14.8. The van der Waals surface area contributed by atoms with E-state index in [1.807, 2.05) is 0 Å². The summed E-state index contributed by atoms with van der Waals surface area (Å²) in [6.07, 6.45) is 3.72. The van der Waals surface area contributed by atoms with Crippen LogP contribution in [-0.2, 0) is 19.2 Å². The maximum Gasteiger partial charge on any atom is 0.352 e. The Balaban J connectivity index is 0.00000320. The molecule has 4 N–H and O–H groups in total. The Morgan fingerprint density at radius 1 is 1.32 bits per heavy atom. The summed E-state index contributed by atoms with van der Waals surface area (Å²) in [5.74, 6) is -1.53. The molecule has 2 fully saturated rings. The number of anilines is 1. The van der Waals surface area contributed by atoms with Gasteiger partial charge < -0.3 is 21.0 Å².